The number of fused-ring (bicyclic) bond motifs is 1. The van der Waals surface area contributed by atoms with E-state index in [0.29, 0.717) is 11.3 Å². The summed E-state index contributed by atoms with van der Waals surface area (Å²) in [6.07, 6.45) is -3.15. The molecular weight excluding hydrogens is 301 g/mol. The molecule has 0 bridgehead atoms. The molecule has 0 atom stereocenters. The molecule has 0 amide bonds. The van der Waals surface area contributed by atoms with Crippen molar-refractivity contribution in [3.05, 3.63) is 49.6 Å². The SMILES string of the molecule is [C-]#[N+]/C(C#N)=C1\C(=C\C)C(=O)c2c1sc(C(F)(F)F)c2C. The van der Waals surface area contributed by atoms with Gasteiger partial charge in [-0.2, -0.15) is 13.2 Å². The fourth-order valence-electron chi connectivity index (χ4n) is 2.25. The molecule has 1 aliphatic carbocycles. The van der Waals surface area contributed by atoms with Gasteiger partial charge in [0.15, 0.2) is 5.78 Å². The predicted octanol–water partition coefficient (Wildman–Crippen LogP) is 4.37. The van der Waals surface area contributed by atoms with Crippen molar-refractivity contribution in [1.82, 2.24) is 0 Å². The lowest BCUT2D eigenvalue weighted by Crippen LogP contribution is -2.06. The quantitative estimate of drug-likeness (QED) is 0.406. The second kappa shape index (κ2) is 4.87. The predicted molar refractivity (Wildman–Crippen MR) is 71.3 cm³/mol. The Labute approximate surface area is 122 Å². The molecule has 0 saturated carbocycles. The number of alkyl halides is 3. The van der Waals surface area contributed by atoms with Crippen LogP contribution < -0.4 is 0 Å². The van der Waals surface area contributed by atoms with Gasteiger partial charge in [-0.3, -0.25) is 4.79 Å². The van der Waals surface area contributed by atoms with Gasteiger partial charge in [0.25, 0.3) is 5.70 Å². The van der Waals surface area contributed by atoms with Crippen molar-refractivity contribution in [1.29, 1.82) is 5.26 Å². The van der Waals surface area contributed by atoms with Gasteiger partial charge in [-0.15, -0.1) is 11.3 Å². The van der Waals surface area contributed by atoms with Crippen LogP contribution in [0.3, 0.4) is 0 Å². The fourth-order valence-corrected chi connectivity index (χ4v) is 3.48. The van der Waals surface area contributed by atoms with Crippen LogP contribution in [0.1, 0.15) is 32.6 Å². The minimum atomic E-state index is -4.56. The van der Waals surface area contributed by atoms with Crippen LogP contribution in [0.2, 0.25) is 0 Å². The van der Waals surface area contributed by atoms with E-state index >= 15 is 0 Å². The van der Waals surface area contributed by atoms with Gasteiger partial charge in [0.1, 0.15) is 4.88 Å². The van der Waals surface area contributed by atoms with Crippen LogP contribution in [-0.4, -0.2) is 5.78 Å². The third kappa shape index (κ3) is 2.07. The number of hydrogen-bond donors (Lipinski definition) is 0. The maximum atomic E-state index is 12.9. The topological polar surface area (TPSA) is 45.2 Å². The lowest BCUT2D eigenvalue weighted by Gasteiger charge is -2.06. The highest BCUT2D eigenvalue weighted by Gasteiger charge is 2.43. The van der Waals surface area contributed by atoms with E-state index in [9.17, 15) is 18.0 Å². The molecule has 0 radical (unpaired) electrons. The Bertz CT molecular complexity index is 782. The number of carbonyl (C=O) groups is 1. The summed E-state index contributed by atoms with van der Waals surface area (Å²) in [4.78, 5) is 14.5. The first-order chi connectivity index (χ1) is 9.77. The van der Waals surface area contributed by atoms with Crippen molar-refractivity contribution in [3.63, 3.8) is 0 Å². The monoisotopic (exact) mass is 308 g/mol. The second-order valence-electron chi connectivity index (χ2n) is 4.24. The van der Waals surface area contributed by atoms with Crippen molar-refractivity contribution < 1.29 is 18.0 Å². The molecule has 0 fully saturated rings. The number of rotatable bonds is 0. The summed E-state index contributed by atoms with van der Waals surface area (Å²) in [5.41, 5.74) is -0.444. The average Bonchev–Trinajstić information content (AvgIpc) is 2.88. The minimum absolute atomic E-state index is 0.0126. The molecular formula is C14H7F3N2OS. The van der Waals surface area contributed by atoms with E-state index in [1.807, 2.05) is 0 Å². The molecule has 2 rings (SSSR count). The molecule has 0 saturated heterocycles. The van der Waals surface area contributed by atoms with E-state index in [1.54, 1.807) is 13.0 Å². The number of hydrogen-bond acceptors (Lipinski definition) is 3. The Kier molecular flexibility index (Phi) is 3.48. The standard InChI is InChI=1S/C14H7F3N2OS/c1-4-7-10(8(5-18)19-3)12-9(11(7)20)6(2)13(21-12)14(15,16)17/h4H,1-2H3/b7-4-,10-8+. The Hall–Kier alpha value is -2.38. The number of nitrogens with zero attached hydrogens (tertiary/aromatic N) is 2. The molecule has 1 aliphatic rings. The third-order valence-corrected chi connectivity index (χ3v) is 4.47. The van der Waals surface area contributed by atoms with Crippen LogP contribution in [0, 0.1) is 24.8 Å². The zero-order valence-corrected chi connectivity index (χ0v) is 11.7. The molecule has 3 nitrogen and oxygen atoms in total. The first-order valence-electron chi connectivity index (χ1n) is 5.72. The minimum Gasteiger partial charge on any atom is -0.289 e. The van der Waals surface area contributed by atoms with E-state index in [1.165, 1.54) is 13.0 Å². The second-order valence-corrected chi connectivity index (χ2v) is 5.26. The molecule has 1 aromatic rings. The van der Waals surface area contributed by atoms with Gasteiger partial charge in [0.05, 0.1) is 12.6 Å². The first-order valence-corrected chi connectivity index (χ1v) is 6.53. The number of Topliss-reactive ketones (excluding diaryl/α,β-unsaturated/α-hetero) is 1. The summed E-state index contributed by atoms with van der Waals surface area (Å²) in [6, 6.07) is 1.64. The lowest BCUT2D eigenvalue weighted by atomic mass is 10.1. The van der Waals surface area contributed by atoms with Crippen LogP contribution >= 0.6 is 11.3 Å². The van der Waals surface area contributed by atoms with Gasteiger partial charge in [-0.05, 0) is 19.4 Å². The van der Waals surface area contributed by atoms with Gasteiger partial charge in [-0.1, -0.05) is 6.08 Å². The smallest absolute Gasteiger partial charge is 0.289 e. The molecule has 0 N–H and O–H groups in total. The van der Waals surface area contributed by atoms with E-state index in [4.69, 9.17) is 11.8 Å². The number of allylic oxidation sites excluding steroid dienone is 4. The number of nitriles is 1. The average molecular weight is 308 g/mol. The van der Waals surface area contributed by atoms with Crippen molar-refractivity contribution >= 4 is 22.7 Å². The highest BCUT2D eigenvalue weighted by atomic mass is 32.1. The van der Waals surface area contributed by atoms with Crippen molar-refractivity contribution in [2.45, 2.75) is 20.0 Å². The summed E-state index contributed by atoms with van der Waals surface area (Å²) in [6.45, 7) is 9.75. The molecule has 0 aliphatic heterocycles. The highest BCUT2D eigenvalue weighted by molar-refractivity contribution is 7.14. The van der Waals surface area contributed by atoms with Crippen molar-refractivity contribution in [2.75, 3.05) is 0 Å². The Balaban J connectivity index is 2.89. The molecule has 21 heavy (non-hydrogen) atoms. The first kappa shape index (κ1) is 15.0. The molecule has 0 unspecified atom stereocenters. The largest absolute Gasteiger partial charge is 0.425 e. The normalized spacial score (nSPS) is 18.4. The maximum Gasteiger partial charge on any atom is 0.425 e. The van der Waals surface area contributed by atoms with E-state index < -0.39 is 16.8 Å². The molecule has 1 aromatic heterocycles. The van der Waals surface area contributed by atoms with Crippen LogP contribution in [0.5, 0.6) is 0 Å². The molecule has 7 heteroatoms. The maximum absolute atomic E-state index is 12.9. The van der Waals surface area contributed by atoms with E-state index in [-0.39, 0.29) is 32.8 Å². The Morgan fingerprint density at radius 2 is 2.10 bits per heavy atom. The number of halogens is 3. The van der Waals surface area contributed by atoms with Gasteiger partial charge >= 0.3 is 6.18 Å². The number of ketones is 1. The summed E-state index contributed by atoms with van der Waals surface area (Å²) >= 11 is 0.407. The van der Waals surface area contributed by atoms with Crippen molar-refractivity contribution in [3.8, 4) is 6.07 Å². The summed E-state index contributed by atoms with van der Waals surface area (Å²) in [5.74, 6) is -0.567. The Morgan fingerprint density at radius 3 is 2.52 bits per heavy atom. The van der Waals surface area contributed by atoms with Crippen LogP contribution in [0.25, 0.3) is 10.4 Å². The number of thiophene rings is 1. The highest BCUT2D eigenvalue weighted by Crippen LogP contribution is 2.50. The molecule has 1 heterocycles. The van der Waals surface area contributed by atoms with Crippen LogP contribution in [-0.2, 0) is 6.18 Å². The zero-order valence-electron chi connectivity index (χ0n) is 10.9. The fraction of sp³-hybridized carbons (Fsp3) is 0.214. The van der Waals surface area contributed by atoms with Gasteiger partial charge in [-0.25, -0.2) is 10.1 Å². The zero-order chi connectivity index (χ0) is 15.9. The lowest BCUT2D eigenvalue weighted by molar-refractivity contribution is -0.134. The number of carbonyl (C=O) groups excluding carboxylic acids is 1. The summed E-state index contributed by atoms with van der Waals surface area (Å²) in [5, 5.41) is 8.97. The van der Waals surface area contributed by atoms with E-state index in [2.05, 4.69) is 4.85 Å². The van der Waals surface area contributed by atoms with Crippen LogP contribution in [0.15, 0.2) is 17.3 Å². The van der Waals surface area contributed by atoms with Crippen LogP contribution in [0.4, 0.5) is 13.2 Å². The van der Waals surface area contributed by atoms with E-state index in [0.717, 1.165) is 0 Å². The summed E-state index contributed by atoms with van der Waals surface area (Å²) in [7, 11) is 0. The summed E-state index contributed by atoms with van der Waals surface area (Å²) < 4.78 is 38.8. The van der Waals surface area contributed by atoms with Gasteiger partial charge < -0.3 is 0 Å². The van der Waals surface area contributed by atoms with Gasteiger partial charge in [0.2, 0.25) is 0 Å². The molecule has 0 spiro atoms. The molecule has 0 aromatic carbocycles. The third-order valence-electron chi connectivity index (χ3n) is 3.12. The van der Waals surface area contributed by atoms with Crippen molar-refractivity contribution in [2.24, 2.45) is 0 Å². The molecule has 106 valence electrons. The Morgan fingerprint density at radius 1 is 1.48 bits per heavy atom. The van der Waals surface area contributed by atoms with Gasteiger partial charge in [0, 0.05) is 21.6 Å².